The zero-order valence-electron chi connectivity index (χ0n) is 15.3. The largest absolute Gasteiger partial charge is 0.395 e. The summed E-state index contributed by atoms with van der Waals surface area (Å²) in [5.74, 6) is 0.0291. The first-order valence-electron chi connectivity index (χ1n) is 9.22. The number of likely N-dealkylation sites (tertiary alicyclic amines) is 1. The second kappa shape index (κ2) is 6.74. The van der Waals surface area contributed by atoms with Gasteiger partial charge in [0.15, 0.2) is 0 Å². The van der Waals surface area contributed by atoms with Gasteiger partial charge in [-0.1, -0.05) is 18.2 Å². The molecule has 1 saturated heterocycles. The molecule has 5 heteroatoms. The van der Waals surface area contributed by atoms with Crippen LogP contribution in [0, 0.1) is 13.8 Å². The summed E-state index contributed by atoms with van der Waals surface area (Å²) in [6, 6.07) is 10.2. The smallest absolute Gasteiger partial charge is 0.260 e. The summed E-state index contributed by atoms with van der Waals surface area (Å²) in [6.07, 6.45) is 4.03. The predicted molar refractivity (Wildman–Crippen MR) is 104 cm³/mol. The summed E-state index contributed by atoms with van der Waals surface area (Å²) in [5.41, 5.74) is 5.87. The molecule has 2 aliphatic rings. The van der Waals surface area contributed by atoms with E-state index in [4.69, 9.17) is 0 Å². The van der Waals surface area contributed by atoms with Crippen LogP contribution < -0.4 is 4.90 Å². The highest BCUT2D eigenvalue weighted by Crippen LogP contribution is 2.38. The monoisotopic (exact) mass is 351 g/mol. The Balaban J connectivity index is 1.70. The molecule has 2 N–H and O–H groups in total. The zero-order valence-corrected chi connectivity index (χ0v) is 15.3. The van der Waals surface area contributed by atoms with E-state index in [1.54, 1.807) is 0 Å². The standard InChI is InChI=1S/C21H25N3O2/c1-14-10-15(2)22-19(14)11-18-17-7-3-4-8-20(17)24(21(18)26)13-23-9-5-6-16(23)12-25/h3-4,7-8,10-11,16,22,25H,5-6,9,12-13H2,1-2H3/b18-11-. The minimum Gasteiger partial charge on any atom is -0.395 e. The average molecular weight is 351 g/mol. The fourth-order valence-electron chi connectivity index (χ4n) is 4.10. The van der Waals surface area contributed by atoms with Crippen LogP contribution in [0.4, 0.5) is 5.69 Å². The number of aromatic nitrogens is 1. The van der Waals surface area contributed by atoms with Crippen molar-refractivity contribution in [2.45, 2.75) is 32.7 Å². The van der Waals surface area contributed by atoms with E-state index in [2.05, 4.69) is 22.9 Å². The third-order valence-electron chi connectivity index (χ3n) is 5.47. The first-order chi connectivity index (χ1) is 12.6. The molecular formula is C21H25N3O2. The Hall–Kier alpha value is -2.37. The van der Waals surface area contributed by atoms with Crippen LogP contribution >= 0.6 is 0 Å². The van der Waals surface area contributed by atoms with Crippen molar-refractivity contribution >= 4 is 23.2 Å². The van der Waals surface area contributed by atoms with Crippen molar-refractivity contribution in [3.8, 4) is 0 Å². The maximum atomic E-state index is 13.2. The second-order valence-electron chi connectivity index (χ2n) is 7.29. The van der Waals surface area contributed by atoms with E-state index in [9.17, 15) is 9.90 Å². The lowest BCUT2D eigenvalue weighted by Crippen LogP contribution is -2.43. The fourth-order valence-corrected chi connectivity index (χ4v) is 4.10. The van der Waals surface area contributed by atoms with Crippen LogP contribution in [-0.4, -0.2) is 46.8 Å². The number of aryl methyl sites for hydroxylation is 2. The number of hydrogen-bond donors (Lipinski definition) is 2. The molecule has 2 aliphatic heterocycles. The number of carbonyl (C=O) groups excluding carboxylic acids is 1. The van der Waals surface area contributed by atoms with Crippen molar-refractivity contribution in [1.29, 1.82) is 0 Å². The van der Waals surface area contributed by atoms with Gasteiger partial charge in [-0.3, -0.25) is 14.6 Å². The van der Waals surface area contributed by atoms with E-state index in [1.165, 1.54) is 0 Å². The SMILES string of the molecule is Cc1cc(C)c(/C=C2\C(=O)N(CN3CCCC3CO)c3ccccc32)[nH]1. The Bertz CT molecular complexity index is 868. The molecule has 1 amide bonds. The van der Waals surface area contributed by atoms with Crippen molar-refractivity contribution in [1.82, 2.24) is 9.88 Å². The van der Waals surface area contributed by atoms with Crippen LogP contribution in [0.3, 0.4) is 0 Å². The van der Waals surface area contributed by atoms with Crippen molar-refractivity contribution in [3.63, 3.8) is 0 Å². The number of aromatic amines is 1. The van der Waals surface area contributed by atoms with E-state index < -0.39 is 0 Å². The summed E-state index contributed by atoms with van der Waals surface area (Å²) in [7, 11) is 0. The second-order valence-corrected chi connectivity index (χ2v) is 7.29. The van der Waals surface area contributed by atoms with E-state index in [1.807, 2.05) is 42.2 Å². The van der Waals surface area contributed by atoms with Crippen LogP contribution in [0.1, 0.15) is 35.4 Å². The molecule has 5 nitrogen and oxygen atoms in total. The summed E-state index contributed by atoms with van der Waals surface area (Å²) in [5, 5.41) is 9.59. The molecule has 0 spiro atoms. The number of carbonyl (C=O) groups is 1. The quantitative estimate of drug-likeness (QED) is 0.833. The van der Waals surface area contributed by atoms with Crippen LogP contribution in [-0.2, 0) is 4.79 Å². The molecular weight excluding hydrogens is 326 g/mol. The maximum Gasteiger partial charge on any atom is 0.260 e. The molecule has 1 unspecified atom stereocenters. The van der Waals surface area contributed by atoms with Gasteiger partial charge in [0.2, 0.25) is 0 Å². The van der Waals surface area contributed by atoms with Gasteiger partial charge in [0.05, 0.1) is 24.5 Å². The molecule has 1 aromatic carbocycles. The number of aliphatic hydroxyl groups is 1. The Morgan fingerprint density at radius 2 is 2.12 bits per heavy atom. The maximum absolute atomic E-state index is 13.2. The van der Waals surface area contributed by atoms with Crippen molar-refractivity contribution in [2.24, 2.45) is 0 Å². The number of benzene rings is 1. The average Bonchev–Trinajstić information content (AvgIpc) is 3.28. The molecule has 0 aliphatic carbocycles. The number of nitrogens with zero attached hydrogens (tertiary/aromatic N) is 2. The van der Waals surface area contributed by atoms with Crippen LogP contribution in [0.5, 0.6) is 0 Å². The minimum absolute atomic E-state index is 0.0291. The number of para-hydroxylation sites is 1. The predicted octanol–water partition coefficient (Wildman–Crippen LogP) is 2.93. The highest BCUT2D eigenvalue weighted by molar-refractivity contribution is 6.35. The highest BCUT2D eigenvalue weighted by Gasteiger charge is 2.35. The lowest BCUT2D eigenvalue weighted by molar-refractivity contribution is -0.113. The van der Waals surface area contributed by atoms with Crippen molar-refractivity contribution in [2.75, 3.05) is 24.7 Å². The van der Waals surface area contributed by atoms with E-state index in [0.29, 0.717) is 6.67 Å². The molecule has 26 heavy (non-hydrogen) atoms. The van der Waals surface area contributed by atoms with Gasteiger partial charge in [0.1, 0.15) is 0 Å². The number of amides is 1. The van der Waals surface area contributed by atoms with Gasteiger partial charge >= 0.3 is 0 Å². The topological polar surface area (TPSA) is 59.6 Å². The van der Waals surface area contributed by atoms with Gasteiger partial charge in [-0.2, -0.15) is 0 Å². The summed E-state index contributed by atoms with van der Waals surface area (Å²) < 4.78 is 0. The molecule has 136 valence electrons. The lowest BCUT2D eigenvalue weighted by Gasteiger charge is -2.28. The zero-order chi connectivity index (χ0) is 18.3. The number of rotatable bonds is 4. The van der Waals surface area contributed by atoms with Crippen LogP contribution in [0.2, 0.25) is 0 Å². The molecule has 1 aromatic heterocycles. The summed E-state index contributed by atoms with van der Waals surface area (Å²) in [6.45, 7) is 5.67. The van der Waals surface area contributed by atoms with Gasteiger partial charge in [0.25, 0.3) is 5.91 Å². The van der Waals surface area contributed by atoms with E-state index in [0.717, 1.165) is 53.2 Å². The molecule has 0 radical (unpaired) electrons. The van der Waals surface area contributed by atoms with Crippen molar-refractivity contribution < 1.29 is 9.90 Å². The molecule has 0 bridgehead atoms. The fraction of sp³-hybridized carbons (Fsp3) is 0.381. The normalized spacial score (nSPS) is 21.8. The summed E-state index contributed by atoms with van der Waals surface area (Å²) >= 11 is 0. The van der Waals surface area contributed by atoms with E-state index in [-0.39, 0.29) is 18.6 Å². The Morgan fingerprint density at radius 1 is 1.31 bits per heavy atom. The Labute approximate surface area is 153 Å². The third kappa shape index (κ3) is 2.87. The highest BCUT2D eigenvalue weighted by atomic mass is 16.3. The Morgan fingerprint density at radius 3 is 2.85 bits per heavy atom. The Kier molecular flexibility index (Phi) is 4.42. The molecule has 0 saturated carbocycles. The number of H-pyrrole nitrogens is 1. The van der Waals surface area contributed by atoms with Crippen LogP contribution in [0.25, 0.3) is 11.6 Å². The molecule has 1 atom stereocenters. The van der Waals surface area contributed by atoms with Crippen LogP contribution in [0.15, 0.2) is 30.3 Å². The van der Waals surface area contributed by atoms with Gasteiger partial charge < -0.3 is 10.1 Å². The number of nitrogens with one attached hydrogen (secondary N) is 1. The minimum atomic E-state index is 0.0291. The molecule has 1 fully saturated rings. The van der Waals surface area contributed by atoms with Gasteiger partial charge in [0, 0.05) is 29.5 Å². The van der Waals surface area contributed by atoms with Gasteiger partial charge in [-0.25, -0.2) is 0 Å². The number of hydrogen-bond acceptors (Lipinski definition) is 3. The third-order valence-corrected chi connectivity index (χ3v) is 5.47. The first-order valence-corrected chi connectivity index (χ1v) is 9.22. The molecule has 4 rings (SSSR count). The van der Waals surface area contributed by atoms with E-state index >= 15 is 0 Å². The molecule has 3 heterocycles. The van der Waals surface area contributed by atoms with Crippen molar-refractivity contribution in [3.05, 3.63) is 52.8 Å². The molecule has 2 aromatic rings. The summed E-state index contributed by atoms with van der Waals surface area (Å²) in [4.78, 5) is 20.6. The number of aliphatic hydroxyl groups excluding tert-OH is 1. The number of fused-ring (bicyclic) bond motifs is 1. The van der Waals surface area contributed by atoms with Gasteiger partial charge in [-0.05, 0) is 50.5 Å². The number of anilines is 1. The van der Waals surface area contributed by atoms with Gasteiger partial charge in [-0.15, -0.1) is 0 Å². The first kappa shape index (κ1) is 17.1. The lowest BCUT2D eigenvalue weighted by atomic mass is 10.1.